The summed E-state index contributed by atoms with van der Waals surface area (Å²) in [7, 11) is 2.15. The van der Waals surface area contributed by atoms with Crippen molar-refractivity contribution in [2.45, 2.75) is 0 Å². The highest BCUT2D eigenvalue weighted by atomic mass is 16.5. The lowest BCUT2D eigenvalue weighted by Gasteiger charge is -2.34. The quantitative estimate of drug-likeness (QED) is 0.195. The molecule has 0 atom stereocenters. The normalized spacial score (nSPS) is 13.7. The Balaban J connectivity index is 1.41. The van der Waals surface area contributed by atoms with E-state index in [-0.39, 0.29) is 12.5 Å². The number of nitrogens with one attached hydrogen (secondary N) is 4. The first-order valence-corrected chi connectivity index (χ1v) is 12.8. The molecule has 39 heavy (non-hydrogen) atoms. The van der Waals surface area contributed by atoms with Gasteiger partial charge in [0.2, 0.25) is 17.7 Å². The number of hydrogen-bond donors (Lipinski definition) is 5. The minimum Gasteiger partial charge on any atom is -0.438 e. The van der Waals surface area contributed by atoms with Gasteiger partial charge in [0.05, 0.1) is 12.3 Å². The predicted octanol–water partition coefficient (Wildman–Crippen LogP) is 3.77. The topological polar surface area (TPSA) is 131 Å². The zero-order valence-electron chi connectivity index (χ0n) is 21.8. The van der Waals surface area contributed by atoms with E-state index in [2.05, 4.69) is 66.5 Å². The summed E-state index contributed by atoms with van der Waals surface area (Å²) < 4.78 is 6.21. The molecule has 2 aromatic carbocycles. The lowest BCUT2D eigenvalue weighted by molar-refractivity contribution is -0.111. The van der Waals surface area contributed by atoms with Crippen molar-refractivity contribution in [3.05, 3.63) is 67.4 Å². The molecule has 11 nitrogen and oxygen atoms in total. The number of fused-ring (bicyclic) bond motifs is 1. The van der Waals surface area contributed by atoms with Crippen LogP contribution in [-0.2, 0) is 4.79 Å². The van der Waals surface area contributed by atoms with Gasteiger partial charge in [-0.15, -0.1) is 0 Å². The molecule has 0 saturated carbocycles. The molecule has 0 spiro atoms. The highest BCUT2D eigenvalue weighted by Crippen LogP contribution is 2.35. The molecule has 0 unspecified atom stereocenters. The number of carbonyl (C=O) groups is 1. The molecule has 2 aromatic heterocycles. The third-order valence-corrected chi connectivity index (χ3v) is 6.42. The number of likely N-dealkylation sites (N-methyl/N-ethyl adjacent to an activating group) is 1. The number of anilines is 5. The first-order valence-electron chi connectivity index (χ1n) is 12.8. The summed E-state index contributed by atoms with van der Waals surface area (Å²) in [4.78, 5) is 28.9. The zero-order valence-corrected chi connectivity index (χ0v) is 21.8. The van der Waals surface area contributed by atoms with Crippen LogP contribution in [0.4, 0.5) is 28.7 Å². The summed E-state index contributed by atoms with van der Waals surface area (Å²) in [5.74, 6) is 0.832. The van der Waals surface area contributed by atoms with Crippen molar-refractivity contribution < 1.29 is 14.6 Å². The van der Waals surface area contributed by atoms with Crippen LogP contribution in [0.3, 0.4) is 0 Å². The van der Waals surface area contributed by atoms with Crippen molar-refractivity contribution in [3.63, 3.8) is 0 Å². The van der Waals surface area contributed by atoms with Gasteiger partial charge in [-0.05, 0) is 49.5 Å². The van der Waals surface area contributed by atoms with Gasteiger partial charge in [0.15, 0.2) is 0 Å². The molecule has 3 heterocycles. The van der Waals surface area contributed by atoms with Gasteiger partial charge < -0.3 is 40.6 Å². The highest BCUT2D eigenvalue weighted by molar-refractivity contribution is 5.99. The van der Waals surface area contributed by atoms with E-state index in [9.17, 15) is 9.90 Å². The van der Waals surface area contributed by atoms with E-state index in [1.54, 1.807) is 30.5 Å². The van der Waals surface area contributed by atoms with Gasteiger partial charge in [-0.2, -0.15) is 9.97 Å². The number of aliphatic hydroxyl groups excluding tert-OH is 1. The Morgan fingerprint density at radius 3 is 2.67 bits per heavy atom. The van der Waals surface area contributed by atoms with E-state index < -0.39 is 0 Å². The number of hydrogen-bond acceptors (Lipinski definition) is 9. The van der Waals surface area contributed by atoms with Gasteiger partial charge in [-0.25, -0.2) is 0 Å². The van der Waals surface area contributed by atoms with Crippen LogP contribution in [0.2, 0.25) is 0 Å². The number of piperazine rings is 1. The molecule has 4 aromatic rings. The van der Waals surface area contributed by atoms with Crippen LogP contribution in [-0.4, -0.2) is 77.2 Å². The van der Waals surface area contributed by atoms with Gasteiger partial charge in [0.1, 0.15) is 16.8 Å². The van der Waals surface area contributed by atoms with Gasteiger partial charge in [-0.3, -0.25) is 4.79 Å². The van der Waals surface area contributed by atoms with Crippen molar-refractivity contribution in [1.82, 2.24) is 19.9 Å². The van der Waals surface area contributed by atoms with E-state index in [0.29, 0.717) is 46.5 Å². The predicted molar refractivity (Wildman–Crippen MR) is 154 cm³/mol. The Morgan fingerprint density at radius 1 is 1.13 bits per heavy atom. The minimum absolute atomic E-state index is 0.0292. The molecule has 202 valence electrons. The number of benzene rings is 2. The van der Waals surface area contributed by atoms with Crippen LogP contribution < -0.4 is 25.6 Å². The number of amides is 1. The SMILES string of the molecule is C=CC(=O)Nc1cccc(Oc2nc(Nc3ccc(N4CCN(C)CC4)cc3)nc3[nH]cc(NCCO)c23)c1. The van der Waals surface area contributed by atoms with E-state index in [1.807, 2.05) is 12.1 Å². The molecule has 11 heteroatoms. The van der Waals surface area contributed by atoms with Crippen LogP contribution in [0.5, 0.6) is 11.6 Å². The molecule has 0 radical (unpaired) electrons. The lowest BCUT2D eigenvalue weighted by Crippen LogP contribution is -2.44. The van der Waals surface area contributed by atoms with Crippen LogP contribution in [0.15, 0.2) is 67.4 Å². The summed E-state index contributed by atoms with van der Waals surface area (Å²) in [5, 5.41) is 19.1. The number of rotatable bonds is 10. The average Bonchev–Trinajstić information content (AvgIpc) is 3.36. The summed E-state index contributed by atoms with van der Waals surface area (Å²) >= 11 is 0. The maximum absolute atomic E-state index is 11.7. The molecule has 5 rings (SSSR count). The first kappa shape index (κ1) is 26.0. The lowest BCUT2D eigenvalue weighted by atomic mass is 10.2. The standard InChI is InChI=1S/C28H32N8O3/c1-3-24(38)31-20-5-4-6-22(17-20)39-27-25-23(29-11-16-37)18-30-26(25)33-28(34-27)32-19-7-9-21(10-8-19)36-14-12-35(2)13-15-36/h3-10,17-18,29,37H,1,11-16H2,2H3,(H,31,38)(H2,30,32,33,34). The number of nitrogens with zero attached hydrogens (tertiary/aromatic N) is 4. The summed E-state index contributed by atoms with van der Waals surface area (Å²) in [6.07, 6.45) is 2.97. The molecule has 1 saturated heterocycles. The van der Waals surface area contributed by atoms with Crippen molar-refractivity contribution in [3.8, 4) is 11.6 Å². The summed E-state index contributed by atoms with van der Waals surface area (Å²) in [6.45, 7) is 7.91. The molecule has 1 fully saturated rings. The fourth-order valence-electron chi connectivity index (χ4n) is 4.35. The second kappa shape index (κ2) is 11.8. The monoisotopic (exact) mass is 528 g/mol. The molecule has 0 aliphatic carbocycles. The largest absolute Gasteiger partial charge is 0.438 e. The van der Waals surface area contributed by atoms with Gasteiger partial charge in [-0.1, -0.05) is 12.6 Å². The minimum atomic E-state index is -0.317. The summed E-state index contributed by atoms with van der Waals surface area (Å²) in [5.41, 5.74) is 3.86. The second-order valence-electron chi connectivity index (χ2n) is 9.21. The number of carbonyl (C=O) groups excluding carboxylic acids is 1. The zero-order chi connectivity index (χ0) is 27.2. The molecule has 1 amide bonds. The molecule has 5 N–H and O–H groups in total. The molecular formula is C28H32N8O3. The van der Waals surface area contributed by atoms with Crippen molar-refractivity contribution in [1.29, 1.82) is 0 Å². The Hall–Kier alpha value is -4.61. The fourth-order valence-corrected chi connectivity index (χ4v) is 4.35. The van der Waals surface area contributed by atoms with Crippen LogP contribution in [0.1, 0.15) is 0 Å². The maximum atomic E-state index is 11.7. The number of aliphatic hydroxyl groups is 1. The fraction of sp³-hybridized carbons (Fsp3) is 0.250. The molecule has 0 bridgehead atoms. The van der Waals surface area contributed by atoms with Crippen LogP contribution in [0.25, 0.3) is 11.0 Å². The Morgan fingerprint density at radius 2 is 1.92 bits per heavy atom. The van der Waals surface area contributed by atoms with Crippen LogP contribution in [0, 0.1) is 0 Å². The van der Waals surface area contributed by atoms with Crippen molar-refractivity contribution >= 4 is 45.6 Å². The molecule has 1 aliphatic rings. The number of aromatic nitrogens is 3. The Kier molecular flexibility index (Phi) is 7.90. The highest BCUT2D eigenvalue weighted by Gasteiger charge is 2.17. The maximum Gasteiger partial charge on any atom is 0.247 e. The van der Waals surface area contributed by atoms with Crippen molar-refractivity contribution in [2.24, 2.45) is 0 Å². The summed E-state index contributed by atoms with van der Waals surface area (Å²) in [6, 6.07) is 15.2. The molecular weight excluding hydrogens is 496 g/mol. The Labute approximate surface area is 226 Å². The van der Waals surface area contributed by atoms with Gasteiger partial charge >= 0.3 is 0 Å². The number of aromatic amines is 1. The Bertz CT molecular complexity index is 1450. The van der Waals surface area contributed by atoms with Crippen molar-refractivity contribution in [2.75, 3.05) is 67.2 Å². The third-order valence-electron chi connectivity index (χ3n) is 6.42. The van der Waals surface area contributed by atoms with Gasteiger partial charge in [0.25, 0.3) is 0 Å². The van der Waals surface area contributed by atoms with E-state index >= 15 is 0 Å². The second-order valence-corrected chi connectivity index (χ2v) is 9.21. The molecule has 1 aliphatic heterocycles. The number of ether oxygens (including phenoxy) is 1. The number of H-pyrrole nitrogens is 1. The van der Waals surface area contributed by atoms with E-state index in [1.165, 1.54) is 11.8 Å². The smallest absolute Gasteiger partial charge is 0.247 e. The van der Waals surface area contributed by atoms with Gasteiger partial charge in [0, 0.05) is 62.0 Å². The third kappa shape index (κ3) is 6.28. The first-order chi connectivity index (χ1) is 19.0. The van der Waals surface area contributed by atoms with Crippen LogP contribution >= 0.6 is 0 Å². The van der Waals surface area contributed by atoms with E-state index in [4.69, 9.17) is 4.74 Å². The van der Waals surface area contributed by atoms with E-state index in [0.717, 1.165) is 31.9 Å². The average molecular weight is 529 g/mol.